The van der Waals surface area contributed by atoms with Gasteiger partial charge >= 0.3 is 0 Å². The average molecular weight is 303 g/mol. The van der Waals surface area contributed by atoms with Crippen LogP contribution in [0.25, 0.3) is 0 Å². The fourth-order valence-electron chi connectivity index (χ4n) is 2.71. The maximum Gasteiger partial charge on any atom is -0.0268 e. The lowest BCUT2D eigenvalue weighted by Crippen LogP contribution is -2.12. The summed E-state index contributed by atoms with van der Waals surface area (Å²) < 4.78 is 0. The molecule has 0 saturated heterocycles. The molecule has 0 aliphatic rings. The molecule has 0 radical (unpaired) electrons. The van der Waals surface area contributed by atoms with Crippen molar-refractivity contribution in [3.8, 4) is 0 Å². The van der Waals surface area contributed by atoms with Gasteiger partial charge < -0.3 is 0 Å². The number of hydrogen-bond donors (Lipinski definition) is 0. The maximum atomic E-state index is 3.87. The zero-order valence-electron chi connectivity index (χ0n) is 16.0. The Labute approximate surface area is 140 Å². The molecule has 126 valence electrons. The summed E-state index contributed by atoms with van der Waals surface area (Å²) in [5.41, 5.74) is 3.65. The third kappa shape index (κ3) is 10.7. The summed E-state index contributed by atoms with van der Waals surface area (Å²) in [5, 5.41) is 0. The van der Waals surface area contributed by atoms with Crippen LogP contribution >= 0.6 is 0 Å². The molecule has 0 nitrogen and oxygen atoms in total. The topological polar surface area (TPSA) is 0 Å². The van der Waals surface area contributed by atoms with Crippen molar-refractivity contribution in [3.05, 3.63) is 48.6 Å². The van der Waals surface area contributed by atoms with Gasteiger partial charge in [0, 0.05) is 0 Å². The molecule has 0 bridgehead atoms. The molecule has 0 unspecified atom stereocenters. The summed E-state index contributed by atoms with van der Waals surface area (Å²) >= 11 is 0. The van der Waals surface area contributed by atoms with E-state index >= 15 is 0 Å². The highest BCUT2D eigenvalue weighted by atomic mass is 14.2. The Morgan fingerprint density at radius 2 is 1.32 bits per heavy atom. The third-order valence-electron chi connectivity index (χ3n) is 4.20. The molecule has 0 saturated carbocycles. The largest absolute Gasteiger partial charge is 0.103 e. The van der Waals surface area contributed by atoms with Gasteiger partial charge in [0.25, 0.3) is 0 Å². The van der Waals surface area contributed by atoms with E-state index in [1.54, 1.807) is 0 Å². The molecule has 0 aromatic carbocycles. The normalized spacial score (nSPS) is 14.1. The molecular formula is C22H38. The zero-order chi connectivity index (χ0) is 17.2. The van der Waals surface area contributed by atoms with E-state index in [1.165, 1.54) is 11.1 Å². The van der Waals surface area contributed by atoms with Crippen LogP contribution in [-0.4, -0.2) is 0 Å². The highest BCUT2D eigenvalue weighted by Crippen LogP contribution is 2.32. The molecule has 0 aromatic rings. The van der Waals surface area contributed by atoms with Crippen molar-refractivity contribution in [1.29, 1.82) is 0 Å². The Balaban J connectivity index is 4.48. The Morgan fingerprint density at radius 1 is 0.773 bits per heavy atom. The first-order valence-corrected chi connectivity index (χ1v) is 8.65. The Bertz CT molecular complexity index is 402. The minimum Gasteiger partial charge on any atom is -0.103 e. The predicted molar refractivity (Wildman–Crippen MR) is 103 cm³/mol. The highest BCUT2D eigenvalue weighted by Gasteiger charge is 2.18. The lowest BCUT2D eigenvalue weighted by Gasteiger charge is -2.25. The molecule has 0 rings (SSSR count). The van der Waals surface area contributed by atoms with E-state index in [1.807, 2.05) is 12.2 Å². The van der Waals surface area contributed by atoms with Crippen LogP contribution in [0.1, 0.15) is 80.1 Å². The van der Waals surface area contributed by atoms with Crippen LogP contribution in [0.4, 0.5) is 0 Å². The summed E-state index contributed by atoms with van der Waals surface area (Å²) in [6.07, 6.45) is 15.6. The average Bonchev–Trinajstić information content (AvgIpc) is 2.40. The monoisotopic (exact) mass is 302 g/mol. The van der Waals surface area contributed by atoms with Gasteiger partial charge in [0.05, 0.1) is 0 Å². The fraction of sp³-hybridized carbons (Fsp3) is 0.636. The van der Waals surface area contributed by atoms with E-state index < -0.39 is 0 Å². The summed E-state index contributed by atoms with van der Waals surface area (Å²) in [6, 6.07) is 0. The molecule has 0 spiro atoms. The van der Waals surface area contributed by atoms with E-state index in [0.29, 0.717) is 10.8 Å². The number of hydrogen-bond acceptors (Lipinski definition) is 0. The molecule has 0 fully saturated rings. The van der Waals surface area contributed by atoms with E-state index in [9.17, 15) is 0 Å². The second-order valence-corrected chi connectivity index (χ2v) is 8.33. The highest BCUT2D eigenvalue weighted by molar-refractivity contribution is 5.06. The minimum atomic E-state index is 0.327. The van der Waals surface area contributed by atoms with Crippen molar-refractivity contribution < 1.29 is 0 Å². The summed E-state index contributed by atoms with van der Waals surface area (Å²) in [4.78, 5) is 0. The molecule has 0 aliphatic carbocycles. The molecule has 0 atom stereocenters. The molecule has 0 aromatic heterocycles. The summed E-state index contributed by atoms with van der Waals surface area (Å²) in [5.74, 6) is 0. The second kappa shape index (κ2) is 9.87. The molecule has 0 aliphatic heterocycles. The number of allylic oxidation sites excluding steroid dienone is 6. The van der Waals surface area contributed by atoms with Gasteiger partial charge in [-0.25, -0.2) is 0 Å². The quantitative estimate of drug-likeness (QED) is 0.344. The fourth-order valence-corrected chi connectivity index (χ4v) is 2.71. The summed E-state index contributed by atoms with van der Waals surface area (Å²) in [6.45, 7) is 21.5. The maximum absolute atomic E-state index is 3.87. The number of rotatable bonds is 11. The SMILES string of the molecule is C=CCCC(C)=CCC(C)(C)CC=C(C)CC(C)(C)CC=C. The third-order valence-corrected chi connectivity index (χ3v) is 4.20. The minimum absolute atomic E-state index is 0.327. The van der Waals surface area contributed by atoms with Crippen LogP contribution in [0.5, 0.6) is 0 Å². The van der Waals surface area contributed by atoms with Gasteiger partial charge in [-0.15, -0.1) is 13.2 Å². The first kappa shape index (κ1) is 21.0. The van der Waals surface area contributed by atoms with Gasteiger partial charge in [-0.1, -0.05) is 63.1 Å². The smallest absolute Gasteiger partial charge is 0.0268 e. The Kier molecular flexibility index (Phi) is 9.41. The lowest BCUT2D eigenvalue weighted by molar-refractivity contribution is 0.358. The Hall–Kier alpha value is -1.04. The zero-order valence-corrected chi connectivity index (χ0v) is 16.0. The van der Waals surface area contributed by atoms with Crippen LogP contribution in [-0.2, 0) is 0 Å². The van der Waals surface area contributed by atoms with Crippen LogP contribution in [0.2, 0.25) is 0 Å². The van der Waals surface area contributed by atoms with Crippen molar-refractivity contribution >= 4 is 0 Å². The first-order chi connectivity index (χ1) is 10.1. The molecule has 0 heteroatoms. The summed E-state index contributed by atoms with van der Waals surface area (Å²) in [7, 11) is 0. The van der Waals surface area contributed by atoms with E-state index in [4.69, 9.17) is 0 Å². The van der Waals surface area contributed by atoms with Crippen LogP contribution < -0.4 is 0 Å². The van der Waals surface area contributed by atoms with Crippen molar-refractivity contribution in [3.63, 3.8) is 0 Å². The van der Waals surface area contributed by atoms with Crippen molar-refractivity contribution in [1.82, 2.24) is 0 Å². The van der Waals surface area contributed by atoms with Gasteiger partial charge in [-0.3, -0.25) is 0 Å². The first-order valence-electron chi connectivity index (χ1n) is 8.65. The molecule has 22 heavy (non-hydrogen) atoms. The van der Waals surface area contributed by atoms with Crippen LogP contribution in [0.15, 0.2) is 48.6 Å². The second-order valence-electron chi connectivity index (χ2n) is 8.33. The van der Waals surface area contributed by atoms with Gasteiger partial charge in [0.15, 0.2) is 0 Å². The van der Waals surface area contributed by atoms with Crippen molar-refractivity contribution in [2.45, 2.75) is 80.1 Å². The molecular weight excluding hydrogens is 264 g/mol. The van der Waals surface area contributed by atoms with Crippen LogP contribution in [0, 0.1) is 10.8 Å². The van der Waals surface area contributed by atoms with Gasteiger partial charge in [-0.2, -0.15) is 0 Å². The molecule has 0 amide bonds. The van der Waals surface area contributed by atoms with Crippen molar-refractivity contribution in [2.24, 2.45) is 10.8 Å². The van der Waals surface area contributed by atoms with E-state index in [0.717, 1.165) is 38.5 Å². The Morgan fingerprint density at radius 3 is 1.82 bits per heavy atom. The lowest BCUT2D eigenvalue weighted by atomic mass is 9.80. The van der Waals surface area contributed by atoms with Crippen molar-refractivity contribution in [2.75, 3.05) is 0 Å². The van der Waals surface area contributed by atoms with Gasteiger partial charge in [0.1, 0.15) is 0 Å². The van der Waals surface area contributed by atoms with E-state index in [2.05, 4.69) is 66.9 Å². The molecule has 0 heterocycles. The van der Waals surface area contributed by atoms with Crippen LogP contribution in [0.3, 0.4) is 0 Å². The van der Waals surface area contributed by atoms with Gasteiger partial charge in [0.2, 0.25) is 0 Å². The molecule has 0 N–H and O–H groups in total. The standard InChI is InChI=1S/C22H38/c1-9-11-12-19(3)13-16-21(5,6)17-14-20(4)18-22(7,8)15-10-2/h9-10,13-14H,1-2,11-12,15-18H2,3-8H3. The van der Waals surface area contributed by atoms with Gasteiger partial charge in [-0.05, 0) is 63.2 Å². The predicted octanol–water partition coefficient (Wildman–Crippen LogP) is 7.64. The van der Waals surface area contributed by atoms with E-state index in [-0.39, 0.29) is 0 Å².